The van der Waals surface area contributed by atoms with Crippen molar-refractivity contribution < 1.29 is 0 Å². The normalized spacial score (nSPS) is 20.0. The van der Waals surface area contributed by atoms with Crippen LogP contribution in [0.5, 0.6) is 0 Å². The number of benzene rings is 2. The predicted octanol–water partition coefficient (Wildman–Crippen LogP) is 4.55. The van der Waals surface area contributed by atoms with Crippen LogP contribution in [0.3, 0.4) is 0 Å². The fraction of sp³-hybridized carbons (Fsp3) is 0.316. The molecule has 25 heavy (non-hydrogen) atoms. The minimum absolute atomic E-state index is 0.218. The van der Waals surface area contributed by atoms with Crippen LogP contribution in [-0.2, 0) is 6.54 Å². The molecule has 1 fully saturated rings. The van der Waals surface area contributed by atoms with Crippen molar-refractivity contribution in [3.8, 4) is 0 Å². The molecule has 130 valence electrons. The lowest BCUT2D eigenvalue weighted by Crippen LogP contribution is -2.57. The molecule has 0 aliphatic carbocycles. The Morgan fingerprint density at radius 3 is 2.56 bits per heavy atom. The van der Waals surface area contributed by atoms with Gasteiger partial charge in [-0.05, 0) is 43.6 Å². The maximum Gasteiger partial charge on any atom is 0.127 e. The van der Waals surface area contributed by atoms with Crippen LogP contribution in [-0.4, -0.2) is 24.5 Å². The number of halogens is 2. The topological polar surface area (TPSA) is 48.5 Å². The van der Waals surface area contributed by atoms with E-state index in [1.165, 1.54) is 5.56 Å². The standard InChI is InChI=1S/C19H20Cl2N4/c20-14-10-15(21)17-16(11-14)24-18(19(25-17)6-8-22-9-7-19)23-12-13-4-2-1-3-5-13/h1-5,10-11,22,25H,6-9,12H2,(H,23,24). The van der Waals surface area contributed by atoms with E-state index in [-0.39, 0.29) is 5.54 Å². The monoisotopic (exact) mass is 374 g/mol. The zero-order valence-electron chi connectivity index (χ0n) is 13.8. The summed E-state index contributed by atoms with van der Waals surface area (Å²) in [4.78, 5) is 4.92. The summed E-state index contributed by atoms with van der Waals surface area (Å²) in [6, 6.07) is 14.0. The third-order valence-electron chi connectivity index (χ3n) is 4.85. The van der Waals surface area contributed by atoms with E-state index in [1.54, 1.807) is 6.07 Å². The Morgan fingerprint density at radius 1 is 1.04 bits per heavy atom. The van der Waals surface area contributed by atoms with E-state index in [0.29, 0.717) is 16.6 Å². The summed E-state index contributed by atoms with van der Waals surface area (Å²) in [6.07, 6.45) is 1.90. The van der Waals surface area contributed by atoms with Crippen LogP contribution in [0.1, 0.15) is 18.4 Å². The van der Waals surface area contributed by atoms with E-state index in [0.717, 1.165) is 43.1 Å². The first-order chi connectivity index (χ1) is 12.2. The van der Waals surface area contributed by atoms with E-state index in [4.69, 9.17) is 28.2 Å². The lowest BCUT2D eigenvalue weighted by Gasteiger charge is -2.44. The summed E-state index contributed by atoms with van der Waals surface area (Å²) in [6.45, 7) is 2.53. The van der Waals surface area contributed by atoms with Gasteiger partial charge in [0.2, 0.25) is 0 Å². The van der Waals surface area contributed by atoms with Crippen molar-refractivity contribution >= 4 is 40.4 Å². The Hall–Kier alpha value is -1.75. The van der Waals surface area contributed by atoms with Gasteiger partial charge in [-0.2, -0.15) is 0 Å². The van der Waals surface area contributed by atoms with Crippen LogP contribution in [0.25, 0.3) is 0 Å². The number of anilines is 2. The molecule has 2 aromatic carbocycles. The smallest absolute Gasteiger partial charge is 0.127 e. The fourth-order valence-electron chi connectivity index (χ4n) is 3.50. The van der Waals surface area contributed by atoms with Crippen LogP contribution in [0, 0.1) is 0 Å². The molecule has 2 heterocycles. The molecule has 3 N–H and O–H groups in total. The highest BCUT2D eigenvalue weighted by molar-refractivity contribution is 6.38. The van der Waals surface area contributed by atoms with E-state index in [1.807, 2.05) is 24.3 Å². The molecule has 0 radical (unpaired) electrons. The maximum absolute atomic E-state index is 6.43. The number of nitrogens with one attached hydrogen (secondary N) is 3. The zero-order valence-corrected chi connectivity index (χ0v) is 15.3. The van der Waals surface area contributed by atoms with Gasteiger partial charge < -0.3 is 16.0 Å². The number of rotatable bonds is 2. The van der Waals surface area contributed by atoms with Crippen LogP contribution >= 0.6 is 23.2 Å². The van der Waals surface area contributed by atoms with Crippen molar-refractivity contribution in [1.29, 1.82) is 0 Å². The van der Waals surface area contributed by atoms with Gasteiger partial charge in [-0.15, -0.1) is 0 Å². The largest absolute Gasteiger partial charge is 0.370 e. The molecule has 2 aliphatic rings. The second kappa shape index (κ2) is 6.87. The average molecular weight is 375 g/mol. The van der Waals surface area contributed by atoms with E-state index < -0.39 is 0 Å². The number of amidine groups is 1. The number of nitrogens with zero attached hydrogens (tertiary/aromatic N) is 1. The molecule has 2 aliphatic heterocycles. The van der Waals surface area contributed by atoms with Gasteiger partial charge in [-0.1, -0.05) is 53.5 Å². The van der Waals surface area contributed by atoms with Crippen molar-refractivity contribution in [3.63, 3.8) is 0 Å². The third kappa shape index (κ3) is 3.34. The molecule has 2 aromatic rings. The Labute approximate surface area is 157 Å². The average Bonchev–Trinajstić information content (AvgIpc) is 2.62. The second-order valence-electron chi connectivity index (χ2n) is 6.54. The molecule has 0 amide bonds. The number of hydrogen-bond acceptors (Lipinski definition) is 3. The lowest BCUT2D eigenvalue weighted by atomic mass is 9.84. The molecule has 0 unspecified atom stereocenters. The van der Waals surface area contributed by atoms with Crippen LogP contribution in [0.15, 0.2) is 47.5 Å². The molecule has 0 saturated carbocycles. The first kappa shape index (κ1) is 16.7. The maximum atomic E-state index is 6.43. The van der Waals surface area contributed by atoms with Gasteiger partial charge in [-0.25, -0.2) is 0 Å². The zero-order chi connectivity index (χ0) is 17.3. The van der Waals surface area contributed by atoms with Crippen molar-refractivity contribution in [1.82, 2.24) is 5.32 Å². The number of fused-ring (bicyclic) bond motifs is 1. The summed E-state index contributed by atoms with van der Waals surface area (Å²) in [5.74, 6) is 0.962. The molecular weight excluding hydrogens is 355 g/mol. The molecule has 4 rings (SSSR count). The molecule has 0 atom stereocenters. The molecule has 6 heteroatoms. The summed E-state index contributed by atoms with van der Waals surface area (Å²) in [7, 11) is 0. The molecule has 1 saturated heterocycles. The SMILES string of the molecule is Clc1cc(Cl)c2c(c1)NC(=NCc1ccccc1)C1(CCNCC1)N2. The van der Waals surface area contributed by atoms with Gasteiger partial charge in [0, 0.05) is 5.02 Å². The van der Waals surface area contributed by atoms with Crippen LogP contribution in [0.2, 0.25) is 10.0 Å². The molecule has 4 nitrogen and oxygen atoms in total. The number of hydrogen-bond donors (Lipinski definition) is 3. The fourth-order valence-corrected chi connectivity index (χ4v) is 4.05. The highest BCUT2D eigenvalue weighted by Crippen LogP contribution is 2.42. The summed E-state index contributed by atoms with van der Waals surface area (Å²) in [5.41, 5.74) is 2.76. The Balaban J connectivity index is 1.72. The summed E-state index contributed by atoms with van der Waals surface area (Å²) >= 11 is 12.6. The van der Waals surface area contributed by atoms with Crippen LogP contribution in [0.4, 0.5) is 11.4 Å². The second-order valence-corrected chi connectivity index (χ2v) is 7.39. The van der Waals surface area contributed by atoms with Crippen molar-refractivity contribution in [2.24, 2.45) is 4.99 Å². The van der Waals surface area contributed by atoms with E-state index in [2.05, 4.69) is 28.1 Å². The third-order valence-corrected chi connectivity index (χ3v) is 5.36. The predicted molar refractivity (Wildman–Crippen MR) is 106 cm³/mol. The van der Waals surface area contributed by atoms with Crippen molar-refractivity contribution in [3.05, 3.63) is 58.1 Å². The van der Waals surface area contributed by atoms with Gasteiger partial charge in [0.25, 0.3) is 0 Å². The quantitative estimate of drug-likeness (QED) is 0.722. The lowest BCUT2D eigenvalue weighted by molar-refractivity contribution is 0.419. The Kier molecular flexibility index (Phi) is 4.59. The highest BCUT2D eigenvalue weighted by atomic mass is 35.5. The molecular formula is C19H20Cl2N4. The first-order valence-corrected chi connectivity index (χ1v) is 9.26. The van der Waals surface area contributed by atoms with Gasteiger partial charge >= 0.3 is 0 Å². The Morgan fingerprint density at radius 2 is 1.80 bits per heavy atom. The van der Waals surface area contributed by atoms with Crippen LogP contribution < -0.4 is 16.0 Å². The minimum Gasteiger partial charge on any atom is -0.370 e. The van der Waals surface area contributed by atoms with Gasteiger partial charge in [0.15, 0.2) is 0 Å². The number of aliphatic imine (C=N–C) groups is 1. The summed E-state index contributed by atoms with van der Waals surface area (Å²) < 4.78 is 0. The molecule has 0 aromatic heterocycles. The van der Waals surface area contributed by atoms with Crippen molar-refractivity contribution in [2.75, 3.05) is 23.7 Å². The van der Waals surface area contributed by atoms with E-state index >= 15 is 0 Å². The minimum atomic E-state index is -0.218. The number of piperidine rings is 1. The molecule has 1 spiro atoms. The van der Waals surface area contributed by atoms with Crippen molar-refractivity contribution in [2.45, 2.75) is 24.9 Å². The molecule has 0 bridgehead atoms. The van der Waals surface area contributed by atoms with Gasteiger partial charge in [0.05, 0.1) is 28.5 Å². The van der Waals surface area contributed by atoms with Gasteiger partial charge in [0.1, 0.15) is 5.84 Å². The first-order valence-electron chi connectivity index (χ1n) is 8.50. The summed E-state index contributed by atoms with van der Waals surface area (Å²) in [5, 5.41) is 11.8. The Bertz CT molecular complexity index is 799. The van der Waals surface area contributed by atoms with Gasteiger partial charge in [-0.3, -0.25) is 4.99 Å². The highest BCUT2D eigenvalue weighted by Gasteiger charge is 2.41. The van der Waals surface area contributed by atoms with E-state index in [9.17, 15) is 0 Å².